The van der Waals surface area contributed by atoms with E-state index in [-0.39, 0.29) is 5.76 Å². The first kappa shape index (κ1) is 25.7. The molecule has 0 saturated carbocycles. The van der Waals surface area contributed by atoms with Gasteiger partial charge in [0, 0.05) is 18.7 Å². The van der Waals surface area contributed by atoms with Crippen LogP contribution in [-0.4, -0.2) is 24.4 Å². The summed E-state index contributed by atoms with van der Waals surface area (Å²) in [5.74, 6) is 0.807. The molecule has 1 aliphatic heterocycles. The fourth-order valence-corrected chi connectivity index (χ4v) is 2.26. The third kappa shape index (κ3) is 11.4. The SMILES string of the molecule is C=C/C=C(\C=CCC)OC(F)(F)F.CC.NCCc1ccc2c(n1)NCCC2. The van der Waals surface area contributed by atoms with Gasteiger partial charge in [0.15, 0.2) is 0 Å². The van der Waals surface area contributed by atoms with Crippen LogP contribution in [0.25, 0.3) is 0 Å². The second-order valence-corrected chi connectivity index (χ2v) is 5.54. The Morgan fingerprint density at radius 2 is 2.07 bits per heavy atom. The number of allylic oxidation sites excluding steroid dienone is 4. The van der Waals surface area contributed by atoms with Crippen molar-refractivity contribution in [1.82, 2.24) is 4.98 Å². The molecule has 0 aromatic carbocycles. The lowest BCUT2D eigenvalue weighted by molar-refractivity contribution is -0.303. The van der Waals surface area contributed by atoms with E-state index in [0.29, 0.717) is 13.0 Å². The number of aryl methyl sites for hydroxylation is 1. The fraction of sp³-hybridized carbons (Fsp3) is 0.476. The normalized spacial score (nSPS) is 13.3. The molecule has 0 amide bonds. The van der Waals surface area contributed by atoms with Gasteiger partial charge in [-0.05, 0) is 49.6 Å². The Kier molecular flexibility index (Phi) is 13.5. The minimum absolute atomic E-state index is 0.260. The number of nitrogens with zero attached hydrogens (tertiary/aromatic N) is 1. The van der Waals surface area contributed by atoms with E-state index in [1.807, 2.05) is 20.8 Å². The molecule has 1 aliphatic rings. The van der Waals surface area contributed by atoms with Crippen molar-refractivity contribution in [3.05, 3.63) is 60.0 Å². The fourth-order valence-electron chi connectivity index (χ4n) is 2.26. The Labute approximate surface area is 166 Å². The summed E-state index contributed by atoms with van der Waals surface area (Å²) in [7, 11) is 0. The maximum Gasteiger partial charge on any atom is 0.573 e. The second kappa shape index (κ2) is 14.7. The number of nitrogens with two attached hydrogens (primary N) is 1. The average Bonchev–Trinajstić information content (AvgIpc) is 2.67. The van der Waals surface area contributed by atoms with E-state index in [1.54, 1.807) is 6.08 Å². The topological polar surface area (TPSA) is 60.2 Å². The predicted molar refractivity (Wildman–Crippen MR) is 110 cm³/mol. The van der Waals surface area contributed by atoms with Gasteiger partial charge in [0.2, 0.25) is 0 Å². The van der Waals surface area contributed by atoms with Crippen molar-refractivity contribution in [2.45, 2.75) is 52.8 Å². The van der Waals surface area contributed by atoms with E-state index in [1.165, 1.54) is 24.1 Å². The molecule has 0 saturated heterocycles. The quantitative estimate of drug-likeness (QED) is 0.488. The Morgan fingerprint density at radius 1 is 1.36 bits per heavy atom. The van der Waals surface area contributed by atoms with Crippen LogP contribution in [0.3, 0.4) is 0 Å². The first-order valence-electron chi connectivity index (χ1n) is 9.57. The van der Waals surface area contributed by atoms with Gasteiger partial charge in [0.25, 0.3) is 0 Å². The zero-order valence-electron chi connectivity index (χ0n) is 17.0. The minimum Gasteiger partial charge on any atom is -0.406 e. The summed E-state index contributed by atoms with van der Waals surface area (Å²) in [4.78, 5) is 4.51. The van der Waals surface area contributed by atoms with Crippen molar-refractivity contribution in [2.75, 3.05) is 18.4 Å². The molecule has 0 aliphatic carbocycles. The molecule has 158 valence electrons. The van der Waals surface area contributed by atoms with Gasteiger partial charge in [-0.25, -0.2) is 4.98 Å². The zero-order chi connectivity index (χ0) is 21.4. The average molecular weight is 400 g/mol. The van der Waals surface area contributed by atoms with Crippen LogP contribution in [-0.2, 0) is 17.6 Å². The van der Waals surface area contributed by atoms with Crippen LogP contribution in [0.4, 0.5) is 19.0 Å². The van der Waals surface area contributed by atoms with Gasteiger partial charge in [0.05, 0.1) is 0 Å². The standard InChI is InChI=1S/C10H15N3.C9H11F3O.C2H6/c11-6-5-9-4-3-8-2-1-7-12-10(8)13-9;1-3-5-7-8(6-4-2)13-9(10,11)12;1-2/h3-4H,1-2,5-7,11H2,(H,12,13);4-7H,2-3H2,1H3;1-2H3/b;7-5?,8-6+;. The van der Waals surface area contributed by atoms with Gasteiger partial charge < -0.3 is 15.8 Å². The molecule has 28 heavy (non-hydrogen) atoms. The van der Waals surface area contributed by atoms with Crippen molar-refractivity contribution in [3.8, 4) is 0 Å². The molecule has 0 fully saturated rings. The third-order valence-electron chi connectivity index (χ3n) is 3.39. The third-order valence-corrected chi connectivity index (χ3v) is 3.39. The summed E-state index contributed by atoms with van der Waals surface area (Å²) in [5.41, 5.74) is 7.91. The smallest absolute Gasteiger partial charge is 0.406 e. The Bertz CT molecular complexity index is 626. The van der Waals surface area contributed by atoms with E-state index < -0.39 is 6.36 Å². The van der Waals surface area contributed by atoms with Crippen LogP contribution < -0.4 is 11.1 Å². The Balaban J connectivity index is 0.000000478. The summed E-state index contributed by atoms with van der Waals surface area (Å²) in [6.07, 6.45) is 4.46. The number of anilines is 1. The maximum absolute atomic E-state index is 11.7. The number of aromatic nitrogens is 1. The molecule has 0 bridgehead atoms. The molecule has 1 aromatic rings. The number of hydrogen-bond acceptors (Lipinski definition) is 4. The predicted octanol–water partition coefficient (Wildman–Crippen LogP) is 5.53. The second-order valence-electron chi connectivity index (χ2n) is 5.54. The van der Waals surface area contributed by atoms with Crippen LogP contribution in [0.15, 0.2) is 48.8 Å². The molecular formula is C21H32F3N3O. The summed E-state index contributed by atoms with van der Waals surface area (Å²) in [6, 6.07) is 4.25. The summed E-state index contributed by atoms with van der Waals surface area (Å²) in [5, 5.41) is 3.31. The Morgan fingerprint density at radius 3 is 2.64 bits per heavy atom. The van der Waals surface area contributed by atoms with Crippen LogP contribution >= 0.6 is 0 Å². The van der Waals surface area contributed by atoms with E-state index in [2.05, 4.69) is 33.7 Å². The van der Waals surface area contributed by atoms with E-state index in [4.69, 9.17) is 5.73 Å². The zero-order valence-corrected chi connectivity index (χ0v) is 17.0. The molecule has 0 atom stereocenters. The number of ether oxygens (including phenoxy) is 1. The number of rotatable bonds is 6. The molecule has 0 radical (unpaired) electrons. The summed E-state index contributed by atoms with van der Waals surface area (Å²) >= 11 is 0. The lowest BCUT2D eigenvalue weighted by Gasteiger charge is -2.17. The van der Waals surface area contributed by atoms with Crippen molar-refractivity contribution in [2.24, 2.45) is 5.73 Å². The van der Waals surface area contributed by atoms with Crippen molar-refractivity contribution in [1.29, 1.82) is 0 Å². The molecule has 2 rings (SSSR count). The van der Waals surface area contributed by atoms with Gasteiger partial charge in [-0.1, -0.05) is 45.6 Å². The largest absolute Gasteiger partial charge is 0.573 e. The first-order valence-corrected chi connectivity index (χ1v) is 9.57. The lowest BCUT2D eigenvalue weighted by Crippen LogP contribution is -2.14. The van der Waals surface area contributed by atoms with Crippen LogP contribution in [0.1, 0.15) is 44.9 Å². The molecule has 2 heterocycles. The number of pyridine rings is 1. The van der Waals surface area contributed by atoms with Crippen molar-refractivity contribution in [3.63, 3.8) is 0 Å². The van der Waals surface area contributed by atoms with Crippen molar-refractivity contribution >= 4 is 5.82 Å². The molecular weight excluding hydrogens is 367 g/mol. The maximum atomic E-state index is 11.7. The number of halogens is 3. The van der Waals surface area contributed by atoms with Gasteiger partial charge in [-0.15, -0.1) is 13.2 Å². The van der Waals surface area contributed by atoms with Crippen LogP contribution in [0, 0.1) is 0 Å². The Hall–Kier alpha value is -2.28. The van der Waals surface area contributed by atoms with E-state index in [9.17, 15) is 13.2 Å². The van der Waals surface area contributed by atoms with Gasteiger partial charge >= 0.3 is 6.36 Å². The summed E-state index contributed by atoms with van der Waals surface area (Å²) < 4.78 is 38.9. The number of fused-ring (bicyclic) bond motifs is 1. The highest BCUT2D eigenvalue weighted by atomic mass is 19.4. The van der Waals surface area contributed by atoms with Crippen molar-refractivity contribution < 1.29 is 17.9 Å². The molecule has 4 nitrogen and oxygen atoms in total. The van der Waals surface area contributed by atoms with Gasteiger partial charge in [0.1, 0.15) is 11.6 Å². The molecule has 1 aromatic heterocycles. The molecule has 0 spiro atoms. The highest BCUT2D eigenvalue weighted by molar-refractivity contribution is 5.47. The number of hydrogen-bond donors (Lipinski definition) is 2. The lowest BCUT2D eigenvalue weighted by atomic mass is 10.1. The van der Waals surface area contributed by atoms with E-state index >= 15 is 0 Å². The number of alkyl halides is 3. The number of nitrogens with one attached hydrogen (secondary N) is 1. The highest BCUT2D eigenvalue weighted by Gasteiger charge is 2.31. The minimum atomic E-state index is -4.65. The van der Waals surface area contributed by atoms with Crippen LogP contribution in [0.2, 0.25) is 0 Å². The van der Waals surface area contributed by atoms with Gasteiger partial charge in [-0.3, -0.25) is 0 Å². The molecule has 7 heteroatoms. The monoisotopic (exact) mass is 399 g/mol. The van der Waals surface area contributed by atoms with Crippen LogP contribution in [0.5, 0.6) is 0 Å². The first-order chi connectivity index (χ1) is 13.4. The molecule has 0 unspecified atom stereocenters. The summed E-state index contributed by atoms with van der Waals surface area (Å²) in [6.45, 7) is 10.8. The highest BCUT2D eigenvalue weighted by Crippen LogP contribution is 2.21. The van der Waals surface area contributed by atoms with E-state index in [0.717, 1.165) is 37.0 Å². The van der Waals surface area contributed by atoms with Gasteiger partial charge in [-0.2, -0.15) is 0 Å². The molecule has 3 N–H and O–H groups in total.